The molecule has 0 fully saturated rings. The van der Waals surface area contributed by atoms with Crippen LogP contribution in [0.25, 0.3) is 0 Å². The van der Waals surface area contributed by atoms with Crippen LogP contribution in [0.15, 0.2) is 10.3 Å². The molecule has 0 amide bonds. The van der Waals surface area contributed by atoms with Gasteiger partial charge >= 0.3 is 15.2 Å². The molecule has 0 heterocycles. The molecule has 0 aliphatic heterocycles. The van der Waals surface area contributed by atoms with Gasteiger partial charge in [0.25, 0.3) is 0 Å². The van der Waals surface area contributed by atoms with Crippen molar-refractivity contribution in [1.29, 1.82) is 0 Å². The second kappa shape index (κ2) is 9.30. The van der Waals surface area contributed by atoms with Crippen molar-refractivity contribution in [2.45, 2.75) is 19.3 Å². The van der Waals surface area contributed by atoms with Gasteiger partial charge in [-0.3, -0.25) is 9.13 Å². The molecule has 0 bridgehead atoms. The predicted molar refractivity (Wildman–Crippen MR) is 75.5 cm³/mol. The van der Waals surface area contributed by atoms with Crippen LogP contribution in [0.3, 0.4) is 0 Å². The van der Waals surface area contributed by atoms with Gasteiger partial charge in [0.2, 0.25) is 0 Å². The average molecular weight is 346 g/mol. The van der Waals surface area contributed by atoms with Crippen LogP contribution in [0.4, 0.5) is 0 Å². The van der Waals surface area contributed by atoms with Gasteiger partial charge in [-0.1, -0.05) is 10.3 Å². The lowest BCUT2D eigenvalue weighted by Crippen LogP contribution is -2.08. The molecule has 0 aromatic heterocycles. The minimum absolute atomic E-state index is 0.00189. The minimum atomic E-state index is -3.65. The van der Waals surface area contributed by atoms with Crippen molar-refractivity contribution in [2.24, 2.45) is 10.3 Å². The van der Waals surface area contributed by atoms with Gasteiger partial charge in [-0.05, 0) is 6.42 Å². The van der Waals surface area contributed by atoms with Gasteiger partial charge in [-0.25, -0.2) is 0 Å². The van der Waals surface area contributed by atoms with E-state index in [4.69, 9.17) is 28.5 Å². The molecule has 0 atom stereocenters. The van der Waals surface area contributed by atoms with Gasteiger partial charge in [-0.15, -0.1) is 0 Å². The Balaban J connectivity index is 4.82. The number of hydrogen-bond donors (Lipinski definition) is 2. The molecule has 0 unspecified atom stereocenters. The summed E-state index contributed by atoms with van der Waals surface area (Å²) in [5.41, 5.74) is -0.399. The molecular formula is C9H20N2O8P2. The lowest BCUT2D eigenvalue weighted by atomic mass is 10.2. The van der Waals surface area contributed by atoms with E-state index >= 15 is 0 Å². The Morgan fingerprint density at radius 3 is 1.29 bits per heavy atom. The van der Waals surface area contributed by atoms with Crippen molar-refractivity contribution in [2.75, 3.05) is 28.4 Å². The van der Waals surface area contributed by atoms with Crippen LogP contribution in [0, 0.1) is 0 Å². The average Bonchev–Trinajstić information content (AvgIpc) is 2.53. The summed E-state index contributed by atoms with van der Waals surface area (Å²) in [6.07, 6.45) is 0.190. The zero-order chi connectivity index (χ0) is 16.5. The van der Waals surface area contributed by atoms with Crippen LogP contribution in [-0.2, 0) is 27.2 Å². The normalized spacial score (nSPS) is 14.5. The Hall–Kier alpha value is -0.760. The molecule has 2 N–H and O–H groups in total. The van der Waals surface area contributed by atoms with E-state index in [9.17, 15) is 9.13 Å². The molecule has 0 aromatic carbocycles. The van der Waals surface area contributed by atoms with Crippen LogP contribution in [0.5, 0.6) is 0 Å². The van der Waals surface area contributed by atoms with Gasteiger partial charge < -0.3 is 28.5 Å². The maximum absolute atomic E-state index is 12.0. The van der Waals surface area contributed by atoms with Gasteiger partial charge in [0.05, 0.1) is 0 Å². The van der Waals surface area contributed by atoms with E-state index in [1.165, 1.54) is 0 Å². The second-order valence-corrected chi connectivity index (χ2v) is 8.09. The van der Waals surface area contributed by atoms with Crippen molar-refractivity contribution in [3.8, 4) is 0 Å². The summed E-state index contributed by atoms with van der Waals surface area (Å²) < 4.78 is 42.8. The Labute approximate surface area is 122 Å². The molecular weight excluding hydrogens is 326 g/mol. The van der Waals surface area contributed by atoms with Crippen LogP contribution in [-0.4, -0.2) is 49.8 Å². The number of nitrogens with zero attached hydrogens (tertiary/aromatic N) is 2. The van der Waals surface area contributed by atoms with Crippen LogP contribution in [0.1, 0.15) is 19.3 Å². The summed E-state index contributed by atoms with van der Waals surface area (Å²) in [4.78, 5) is 0. The zero-order valence-corrected chi connectivity index (χ0v) is 14.0. The summed E-state index contributed by atoms with van der Waals surface area (Å²) in [7, 11) is -2.68. The highest BCUT2D eigenvalue weighted by Gasteiger charge is 2.33. The van der Waals surface area contributed by atoms with E-state index in [0.717, 1.165) is 28.4 Å². The monoisotopic (exact) mass is 346 g/mol. The third-order valence-corrected chi connectivity index (χ3v) is 6.44. The van der Waals surface area contributed by atoms with Crippen molar-refractivity contribution in [3.63, 3.8) is 0 Å². The molecule has 10 nitrogen and oxygen atoms in total. The van der Waals surface area contributed by atoms with Crippen LogP contribution >= 0.6 is 15.2 Å². The lowest BCUT2D eigenvalue weighted by Gasteiger charge is -2.16. The quantitative estimate of drug-likeness (QED) is 0.267. The molecule has 0 rings (SSSR count). The van der Waals surface area contributed by atoms with Gasteiger partial charge in [0, 0.05) is 41.3 Å². The van der Waals surface area contributed by atoms with Crippen molar-refractivity contribution < 1.29 is 37.6 Å². The Morgan fingerprint density at radius 2 is 1.10 bits per heavy atom. The highest BCUT2D eigenvalue weighted by molar-refractivity contribution is 7.72. The van der Waals surface area contributed by atoms with E-state index in [2.05, 4.69) is 10.3 Å². The first-order valence-electron chi connectivity index (χ1n) is 5.73. The maximum Gasteiger partial charge on any atom is 0.378 e. The van der Waals surface area contributed by atoms with E-state index < -0.39 is 15.2 Å². The van der Waals surface area contributed by atoms with E-state index in [0.29, 0.717) is 0 Å². The summed E-state index contributed by atoms with van der Waals surface area (Å²) in [5.74, 6) is 0. The number of rotatable bonds is 10. The van der Waals surface area contributed by atoms with E-state index in [-0.39, 0.29) is 30.2 Å². The van der Waals surface area contributed by atoms with Gasteiger partial charge in [0.1, 0.15) is 0 Å². The van der Waals surface area contributed by atoms with Crippen LogP contribution in [0.2, 0.25) is 0 Å². The molecule has 0 saturated heterocycles. The van der Waals surface area contributed by atoms with E-state index in [1.54, 1.807) is 0 Å². The second-order valence-electron chi connectivity index (χ2n) is 3.61. The summed E-state index contributed by atoms with van der Waals surface area (Å²) in [5, 5.41) is 23.5. The highest BCUT2D eigenvalue weighted by Crippen LogP contribution is 2.51. The molecule has 124 valence electrons. The number of oxime groups is 2. The van der Waals surface area contributed by atoms with Crippen molar-refractivity contribution in [3.05, 3.63) is 0 Å². The number of hydrogen-bond acceptors (Lipinski definition) is 10. The van der Waals surface area contributed by atoms with Crippen molar-refractivity contribution >= 4 is 26.1 Å². The SMILES string of the molecule is COP(=O)(OC)C(CCCC(=NO)P(=O)(OC)OC)=NO. The summed E-state index contributed by atoms with van der Waals surface area (Å²) >= 11 is 0. The third kappa shape index (κ3) is 5.18. The smallest absolute Gasteiger partial charge is 0.378 e. The fraction of sp³-hybridized carbons (Fsp3) is 0.778. The fourth-order valence-electron chi connectivity index (χ4n) is 1.46. The zero-order valence-electron chi connectivity index (χ0n) is 12.3. The van der Waals surface area contributed by atoms with Gasteiger partial charge in [0.15, 0.2) is 10.9 Å². The minimum Gasteiger partial charge on any atom is -0.410 e. The third-order valence-electron chi connectivity index (χ3n) is 2.63. The first-order chi connectivity index (χ1) is 9.87. The fourth-order valence-corrected chi connectivity index (χ4v) is 3.68. The Bertz CT molecular complexity index is 420. The molecule has 0 aliphatic rings. The van der Waals surface area contributed by atoms with Crippen molar-refractivity contribution in [1.82, 2.24) is 0 Å². The first kappa shape index (κ1) is 20.2. The highest BCUT2D eigenvalue weighted by atomic mass is 31.2. The Morgan fingerprint density at radius 1 is 0.810 bits per heavy atom. The molecule has 0 spiro atoms. The molecule has 0 saturated carbocycles. The predicted octanol–water partition coefficient (Wildman–Crippen LogP) is 2.70. The molecule has 0 radical (unpaired) electrons. The van der Waals surface area contributed by atoms with Gasteiger partial charge in [-0.2, -0.15) is 0 Å². The standard InChI is InChI=1S/C9H20N2O8P2/c1-16-20(14,17-2)8(10-12)6-5-7-9(11-13)21(15,18-3)19-4/h12-13H,5-7H2,1-4H3. The molecule has 21 heavy (non-hydrogen) atoms. The largest absolute Gasteiger partial charge is 0.410 e. The van der Waals surface area contributed by atoms with E-state index in [1.807, 2.05) is 0 Å². The molecule has 0 aromatic rings. The lowest BCUT2D eigenvalue weighted by molar-refractivity contribution is 0.282. The van der Waals surface area contributed by atoms with Crippen LogP contribution < -0.4 is 0 Å². The Kier molecular flexibility index (Phi) is 8.96. The topological polar surface area (TPSA) is 136 Å². The molecule has 0 aliphatic carbocycles. The first-order valence-corrected chi connectivity index (χ1v) is 8.82. The molecule has 12 heteroatoms. The summed E-state index contributed by atoms with van der Waals surface area (Å²) in [6.45, 7) is 0. The summed E-state index contributed by atoms with van der Waals surface area (Å²) in [6, 6.07) is 0. The maximum atomic E-state index is 12.0.